The predicted molar refractivity (Wildman–Crippen MR) is 62.2 cm³/mol. The molecule has 0 fully saturated rings. The van der Waals surface area contributed by atoms with Crippen molar-refractivity contribution in [3.05, 3.63) is 27.4 Å². The smallest absolute Gasteiger partial charge is 0.186 e. The van der Waals surface area contributed by atoms with Gasteiger partial charge in [-0.3, -0.25) is 0 Å². The Morgan fingerprint density at radius 2 is 2.20 bits per heavy atom. The minimum Gasteiger partial charge on any atom is -0.381 e. The zero-order chi connectivity index (χ0) is 11.0. The van der Waals surface area contributed by atoms with Crippen molar-refractivity contribution in [2.45, 2.75) is 6.92 Å². The summed E-state index contributed by atoms with van der Waals surface area (Å²) in [7, 11) is 0. The van der Waals surface area contributed by atoms with Gasteiger partial charge in [0.15, 0.2) is 17.5 Å². The van der Waals surface area contributed by atoms with Gasteiger partial charge in [0.1, 0.15) is 0 Å². The molecule has 3 nitrogen and oxygen atoms in total. The fraction of sp³-hybridized carbons (Fsp3) is 0.111. The first-order valence-electron chi connectivity index (χ1n) is 4.12. The molecule has 15 heavy (non-hydrogen) atoms. The minimum absolute atomic E-state index is 0.109. The number of hydrogen-bond acceptors (Lipinski definition) is 4. The van der Waals surface area contributed by atoms with E-state index in [9.17, 15) is 4.39 Å². The monoisotopic (exact) mass is 287 g/mol. The zero-order valence-corrected chi connectivity index (χ0v) is 10.2. The molecule has 0 aliphatic heterocycles. The van der Waals surface area contributed by atoms with Crippen LogP contribution in [-0.4, -0.2) is 9.97 Å². The van der Waals surface area contributed by atoms with E-state index in [0.717, 1.165) is 9.35 Å². The number of anilines is 1. The molecule has 6 heteroatoms. The van der Waals surface area contributed by atoms with Gasteiger partial charge in [-0.1, -0.05) is 0 Å². The molecular weight excluding hydrogens is 281 g/mol. The van der Waals surface area contributed by atoms with Crippen LogP contribution in [0.3, 0.4) is 0 Å². The largest absolute Gasteiger partial charge is 0.381 e. The molecule has 78 valence electrons. The Hall–Kier alpha value is -1.01. The molecule has 2 heterocycles. The second kappa shape index (κ2) is 3.86. The second-order valence-corrected chi connectivity index (χ2v) is 4.79. The number of hydrogen-bond donors (Lipinski definition) is 1. The van der Waals surface area contributed by atoms with Gasteiger partial charge in [-0.15, -0.1) is 11.3 Å². The number of nitrogens with zero attached hydrogens (tertiary/aromatic N) is 2. The van der Waals surface area contributed by atoms with Crippen LogP contribution in [-0.2, 0) is 0 Å². The van der Waals surface area contributed by atoms with Crippen LogP contribution in [0, 0.1) is 12.7 Å². The summed E-state index contributed by atoms with van der Waals surface area (Å²) in [6.07, 6.45) is 0. The van der Waals surface area contributed by atoms with Gasteiger partial charge in [-0.25, -0.2) is 14.4 Å². The highest BCUT2D eigenvalue weighted by molar-refractivity contribution is 9.10. The van der Waals surface area contributed by atoms with E-state index in [-0.39, 0.29) is 11.5 Å². The number of nitrogen functional groups attached to an aromatic ring is 1. The average molecular weight is 288 g/mol. The van der Waals surface area contributed by atoms with Crippen molar-refractivity contribution in [2.24, 2.45) is 0 Å². The lowest BCUT2D eigenvalue weighted by atomic mass is 10.3. The minimum atomic E-state index is -0.547. The maximum Gasteiger partial charge on any atom is 0.186 e. The third kappa shape index (κ3) is 2.00. The molecule has 0 saturated carbocycles. The molecule has 0 bridgehead atoms. The summed E-state index contributed by atoms with van der Waals surface area (Å²) in [5, 5.41) is 1.91. The number of aromatic nitrogens is 2. The Morgan fingerprint density at radius 3 is 2.73 bits per heavy atom. The second-order valence-electron chi connectivity index (χ2n) is 2.96. The van der Waals surface area contributed by atoms with Crippen LogP contribution in [0.15, 0.2) is 15.9 Å². The van der Waals surface area contributed by atoms with Crippen molar-refractivity contribution in [3.63, 3.8) is 0 Å². The number of aryl methyl sites for hydroxylation is 1. The summed E-state index contributed by atoms with van der Waals surface area (Å²) >= 11 is 4.81. The molecule has 2 aromatic heterocycles. The third-order valence-corrected chi connectivity index (χ3v) is 3.52. The molecule has 2 N–H and O–H groups in total. The third-order valence-electron chi connectivity index (χ3n) is 1.83. The predicted octanol–water partition coefficient (Wildman–Crippen LogP) is 3.00. The van der Waals surface area contributed by atoms with Crippen LogP contribution < -0.4 is 5.73 Å². The molecule has 0 aliphatic carbocycles. The molecule has 0 aromatic carbocycles. The van der Waals surface area contributed by atoms with Crippen molar-refractivity contribution in [3.8, 4) is 10.7 Å². The molecule has 0 saturated heterocycles. The molecule has 2 rings (SSSR count). The van der Waals surface area contributed by atoms with Gasteiger partial charge in [0.25, 0.3) is 0 Å². The van der Waals surface area contributed by atoms with Gasteiger partial charge in [0.05, 0.1) is 10.6 Å². The van der Waals surface area contributed by atoms with E-state index >= 15 is 0 Å². The van der Waals surface area contributed by atoms with Crippen molar-refractivity contribution < 1.29 is 4.39 Å². The summed E-state index contributed by atoms with van der Waals surface area (Å²) in [6, 6.07) is 1.87. The molecule has 0 atom stereocenters. The topological polar surface area (TPSA) is 51.8 Å². The van der Waals surface area contributed by atoms with Gasteiger partial charge in [0, 0.05) is 9.85 Å². The lowest BCUT2D eigenvalue weighted by Gasteiger charge is -2.02. The maximum atomic E-state index is 13.2. The summed E-state index contributed by atoms with van der Waals surface area (Å²) in [5.74, 6) is -0.196. The summed E-state index contributed by atoms with van der Waals surface area (Å²) in [6.45, 7) is 1.57. The number of thiophene rings is 1. The lowest BCUT2D eigenvalue weighted by Crippen LogP contribution is -2.02. The van der Waals surface area contributed by atoms with E-state index < -0.39 is 5.82 Å². The first-order valence-corrected chi connectivity index (χ1v) is 5.79. The quantitative estimate of drug-likeness (QED) is 0.877. The number of halogens is 2. The van der Waals surface area contributed by atoms with Crippen LogP contribution in [0.1, 0.15) is 5.69 Å². The molecule has 0 spiro atoms. The first kappa shape index (κ1) is 10.5. The Bertz CT molecular complexity index is 489. The van der Waals surface area contributed by atoms with E-state index in [0.29, 0.717) is 5.82 Å². The highest BCUT2D eigenvalue weighted by Gasteiger charge is 2.11. The summed E-state index contributed by atoms with van der Waals surface area (Å²) in [5.41, 5.74) is 5.70. The van der Waals surface area contributed by atoms with E-state index in [1.807, 2.05) is 11.4 Å². The van der Waals surface area contributed by atoms with E-state index in [2.05, 4.69) is 25.9 Å². The zero-order valence-electron chi connectivity index (χ0n) is 7.79. The number of rotatable bonds is 1. The molecule has 2 aromatic rings. The van der Waals surface area contributed by atoms with Crippen LogP contribution in [0.5, 0.6) is 0 Å². The van der Waals surface area contributed by atoms with E-state index in [4.69, 9.17) is 5.73 Å². The van der Waals surface area contributed by atoms with Gasteiger partial charge in [-0.05, 0) is 28.9 Å². The molecule has 0 unspecified atom stereocenters. The average Bonchev–Trinajstić information content (AvgIpc) is 2.60. The maximum absolute atomic E-state index is 13.2. The molecule has 0 amide bonds. The Morgan fingerprint density at radius 1 is 1.47 bits per heavy atom. The highest BCUT2D eigenvalue weighted by atomic mass is 79.9. The summed E-state index contributed by atoms with van der Waals surface area (Å²) < 4.78 is 14.1. The Balaban J connectivity index is 2.55. The van der Waals surface area contributed by atoms with Crippen LogP contribution >= 0.6 is 27.3 Å². The fourth-order valence-corrected chi connectivity index (χ4v) is 2.48. The Labute approximate surface area is 98.3 Å². The normalized spacial score (nSPS) is 10.6. The van der Waals surface area contributed by atoms with Crippen molar-refractivity contribution in [2.75, 3.05) is 5.73 Å². The molecule has 0 radical (unpaired) electrons. The van der Waals surface area contributed by atoms with Crippen molar-refractivity contribution in [1.82, 2.24) is 9.97 Å². The summed E-state index contributed by atoms with van der Waals surface area (Å²) in [4.78, 5) is 8.80. The van der Waals surface area contributed by atoms with Gasteiger partial charge >= 0.3 is 0 Å². The highest BCUT2D eigenvalue weighted by Crippen LogP contribution is 2.28. The van der Waals surface area contributed by atoms with Crippen LogP contribution in [0.25, 0.3) is 10.7 Å². The standard InChI is InChI=1S/C9H7BrFN3S/c1-4-7(11)8(12)14-9(13-4)6-2-5(10)3-15-6/h2-3H,1H3,(H2,12,13,14). The van der Waals surface area contributed by atoms with Gasteiger partial charge in [0.2, 0.25) is 0 Å². The van der Waals surface area contributed by atoms with Crippen molar-refractivity contribution in [1.29, 1.82) is 0 Å². The van der Waals surface area contributed by atoms with Crippen LogP contribution in [0.2, 0.25) is 0 Å². The van der Waals surface area contributed by atoms with E-state index in [1.54, 1.807) is 6.92 Å². The SMILES string of the molecule is Cc1nc(-c2cc(Br)cs2)nc(N)c1F. The lowest BCUT2D eigenvalue weighted by molar-refractivity contribution is 0.608. The van der Waals surface area contributed by atoms with E-state index in [1.165, 1.54) is 11.3 Å². The Kier molecular flexibility index (Phi) is 2.70. The fourth-order valence-electron chi connectivity index (χ4n) is 1.12. The van der Waals surface area contributed by atoms with Gasteiger partial charge < -0.3 is 5.73 Å². The van der Waals surface area contributed by atoms with Crippen molar-refractivity contribution >= 4 is 33.1 Å². The van der Waals surface area contributed by atoms with Crippen LogP contribution in [0.4, 0.5) is 10.2 Å². The molecular formula is C9H7BrFN3S. The molecule has 0 aliphatic rings. The first-order chi connectivity index (χ1) is 7.08. The number of nitrogens with two attached hydrogens (primary N) is 1. The van der Waals surface area contributed by atoms with Gasteiger partial charge in [-0.2, -0.15) is 0 Å².